The van der Waals surface area contributed by atoms with Crippen LogP contribution in [0.1, 0.15) is 5.56 Å². The normalized spacial score (nSPS) is 10.4. The number of benzene rings is 2. The summed E-state index contributed by atoms with van der Waals surface area (Å²) in [5.41, 5.74) is 0.752. The van der Waals surface area contributed by atoms with Crippen LogP contribution in [-0.2, 0) is 6.61 Å². The summed E-state index contributed by atoms with van der Waals surface area (Å²) in [6.07, 6.45) is 0. The Hall–Kier alpha value is -0.940. The van der Waals surface area contributed by atoms with Crippen LogP contribution in [0.2, 0.25) is 0 Å². The van der Waals surface area contributed by atoms with Crippen molar-refractivity contribution in [2.24, 2.45) is 0 Å². The number of hydrogen-bond donors (Lipinski definition) is 0. The largest absolute Gasteiger partial charge is 0.486 e. The van der Waals surface area contributed by atoms with E-state index in [1.54, 1.807) is 24.3 Å². The van der Waals surface area contributed by atoms with Gasteiger partial charge in [-0.15, -0.1) is 0 Å². The standard InChI is InChI=1S/C13H8Br2F2O/c14-9-2-4-12(17)13(6-9)18-7-8-1-3-11(16)10(15)5-8/h1-6H,7H2. The van der Waals surface area contributed by atoms with Crippen LogP contribution in [0.15, 0.2) is 45.3 Å². The van der Waals surface area contributed by atoms with Gasteiger partial charge in [-0.1, -0.05) is 22.0 Å². The average molecular weight is 378 g/mol. The summed E-state index contributed by atoms with van der Waals surface area (Å²) in [4.78, 5) is 0. The van der Waals surface area contributed by atoms with E-state index in [1.165, 1.54) is 12.1 Å². The van der Waals surface area contributed by atoms with E-state index in [1.807, 2.05) is 0 Å². The van der Waals surface area contributed by atoms with E-state index in [0.29, 0.717) is 4.47 Å². The van der Waals surface area contributed by atoms with E-state index in [4.69, 9.17) is 4.74 Å². The van der Waals surface area contributed by atoms with Crippen LogP contribution >= 0.6 is 31.9 Å². The summed E-state index contributed by atoms with van der Waals surface area (Å²) in [7, 11) is 0. The van der Waals surface area contributed by atoms with Gasteiger partial charge in [0.1, 0.15) is 12.4 Å². The molecule has 5 heteroatoms. The molecule has 0 N–H and O–H groups in total. The summed E-state index contributed by atoms with van der Waals surface area (Å²) in [5.74, 6) is -0.614. The molecule has 0 aliphatic heterocycles. The van der Waals surface area contributed by atoms with E-state index in [-0.39, 0.29) is 18.2 Å². The summed E-state index contributed by atoms with van der Waals surface area (Å²) < 4.78 is 32.9. The maximum absolute atomic E-state index is 13.4. The zero-order valence-electron chi connectivity index (χ0n) is 9.09. The van der Waals surface area contributed by atoms with Gasteiger partial charge in [0, 0.05) is 4.47 Å². The van der Waals surface area contributed by atoms with Crippen molar-refractivity contribution in [3.8, 4) is 5.75 Å². The van der Waals surface area contributed by atoms with Crippen molar-refractivity contribution in [2.75, 3.05) is 0 Å². The Morgan fingerprint density at radius 1 is 0.944 bits per heavy atom. The minimum atomic E-state index is -0.431. The van der Waals surface area contributed by atoms with Crippen molar-refractivity contribution >= 4 is 31.9 Å². The zero-order valence-corrected chi connectivity index (χ0v) is 12.3. The SMILES string of the molecule is Fc1ccc(COc2cc(Br)ccc2F)cc1Br. The summed E-state index contributed by atoms with van der Waals surface area (Å²) in [6.45, 7) is 0.173. The molecule has 0 aliphatic carbocycles. The monoisotopic (exact) mass is 376 g/mol. The van der Waals surface area contributed by atoms with Gasteiger partial charge in [0.15, 0.2) is 11.6 Å². The van der Waals surface area contributed by atoms with Crippen LogP contribution in [0.4, 0.5) is 8.78 Å². The van der Waals surface area contributed by atoms with Crippen molar-refractivity contribution in [1.29, 1.82) is 0 Å². The molecule has 0 radical (unpaired) electrons. The molecule has 0 unspecified atom stereocenters. The topological polar surface area (TPSA) is 9.23 Å². The van der Waals surface area contributed by atoms with Crippen LogP contribution < -0.4 is 4.74 Å². The highest BCUT2D eigenvalue weighted by molar-refractivity contribution is 9.10. The first-order chi connectivity index (χ1) is 8.56. The molecule has 0 fully saturated rings. The first-order valence-electron chi connectivity index (χ1n) is 5.08. The van der Waals surface area contributed by atoms with Crippen LogP contribution in [0.25, 0.3) is 0 Å². The van der Waals surface area contributed by atoms with E-state index in [2.05, 4.69) is 31.9 Å². The van der Waals surface area contributed by atoms with Gasteiger partial charge in [0.25, 0.3) is 0 Å². The molecular formula is C13H8Br2F2O. The Bertz CT molecular complexity index is 573. The molecule has 0 amide bonds. The van der Waals surface area contributed by atoms with E-state index in [9.17, 15) is 8.78 Å². The maximum Gasteiger partial charge on any atom is 0.165 e. The summed E-state index contributed by atoms with van der Waals surface area (Å²) in [6, 6.07) is 8.99. The van der Waals surface area contributed by atoms with Crippen LogP contribution in [-0.4, -0.2) is 0 Å². The second-order valence-electron chi connectivity index (χ2n) is 3.61. The maximum atomic E-state index is 13.4. The second-order valence-corrected chi connectivity index (χ2v) is 5.38. The highest BCUT2D eigenvalue weighted by Gasteiger charge is 2.05. The molecule has 1 nitrogen and oxygen atoms in total. The predicted molar refractivity (Wildman–Crippen MR) is 72.5 cm³/mol. The fraction of sp³-hybridized carbons (Fsp3) is 0.0769. The van der Waals surface area contributed by atoms with Crippen LogP contribution in [0.5, 0.6) is 5.75 Å². The third-order valence-corrected chi connectivity index (χ3v) is 3.37. The van der Waals surface area contributed by atoms with Crippen molar-refractivity contribution in [3.63, 3.8) is 0 Å². The van der Waals surface area contributed by atoms with Gasteiger partial charge < -0.3 is 4.74 Å². The Morgan fingerprint density at radius 2 is 1.67 bits per heavy atom. The quantitative estimate of drug-likeness (QED) is 0.725. The molecule has 2 aromatic carbocycles. The lowest BCUT2D eigenvalue weighted by atomic mass is 10.2. The lowest BCUT2D eigenvalue weighted by molar-refractivity contribution is 0.290. The molecule has 0 saturated carbocycles. The number of halogens is 4. The van der Waals surface area contributed by atoms with Crippen molar-refractivity contribution in [1.82, 2.24) is 0 Å². The molecule has 18 heavy (non-hydrogen) atoms. The Kier molecular flexibility index (Phi) is 4.35. The van der Waals surface area contributed by atoms with Gasteiger partial charge in [-0.2, -0.15) is 0 Å². The van der Waals surface area contributed by atoms with Crippen molar-refractivity contribution in [2.45, 2.75) is 6.61 Å². The smallest absolute Gasteiger partial charge is 0.165 e. The Labute approximate surface area is 120 Å². The third-order valence-electron chi connectivity index (χ3n) is 2.27. The molecule has 0 spiro atoms. The number of hydrogen-bond acceptors (Lipinski definition) is 1. The molecule has 0 atom stereocenters. The molecule has 2 aromatic rings. The Balaban J connectivity index is 2.11. The second kappa shape index (κ2) is 5.80. The molecule has 2 rings (SSSR count). The first kappa shape index (κ1) is 13.5. The fourth-order valence-electron chi connectivity index (χ4n) is 1.38. The van der Waals surface area contributed by atoms with E-state index < -0.39 is 5.82 Å². The number of ether oxygens (including phenoxy) is 1. The Morgan fingerprint density at radius 3 is 2.39 bits per heavy atom. The first-order valence-corrected chi connectivity index (χ1v) is 6.66. The van der Waals surface area contributed by atoms with Crippen LogP contribution in [0, 0.1) is 11.6 Å². The molecule has 0 bridgehead atoms. The highest BCUT2D eigenvalue weighted by Crippen LogP contribution is 2.24. The van der Waals surface area contributed by atoms with Gasteiger partial charge in [-0.3, -0.25) is 0 Å². The van der Waals surface area contributed by atoms with Gasteiger partial charge >= 0.3 is 0 Å². The third kappa shape index (κ3) is 3.29. The lowest BCUT2D eigenvalue weighted by Crippen LogP contribution is -1.98. The van der Waals surface area contributed by atoms with Crippen molar-refractivity contribution in [3.05, 3.63) is 62.5 Å². The molecule has 0 heterocycles. The molecule has 0 aliphatic rings. The van der Waals surface area contributed by atoms with E-state index >= 15 is 0 Å². The average Bonchev–Trinajstić information content (AvgIpc) is 2.34. The zero-order chi connectivity index (χ0) is 13.1. The van der Waals surface area contributed by atoms with Gasteiger partial charge in [-0.05, 0) is 51.8 Å². The lowest BCUT2D eigenvalue weighted by Gasteiger charge is -2.08. The molecule has 0 saturated heterocycles. The van der Waals surface area contributed by atoms with Crippen molar-refractivity contribution < 1.29 is 13.5 Å². The van der Waals surface area contributed by atoms with E-state index in [0.717, 1.165) is 10.0 Å². The number of rotatable bonds is 3. The van der Waals surface area contributed by atoms with Gasteiger partial charge in [0.2, 0.25) is 0 Å². The molecule has 0 aromatic heterocycles. The molecular weight excluding hydrogens is 370 g/mol. The minimum Gasteiger partial charge on any atom is -0.486 e. The summed E-state index contributed by atoms with van der Waals surface area (Å²) >= 11 is 6.33. The minimum absolute atomic E-state index is 0.157. The summed E-state index contributed by atoms with van der Waals surface area (Å²) in [5, 5.41) is 0. The highest BCUT2D eigenvalue weighted by atomic mass is 79.9. The van der Waals surface area contributed by atoms with Gasteiger partial charge in [-0.25, -0.2) is 8.78 Å². The van der Waals surface area contributed by atoms with Gasteiger partial charge in [0.05, 0.1) is 4.47 Å². The predicted octanol–water partition coefficient (Wildman–Crippen LogP) is 5.07. The molecule has 94 valence electrons. The fourth-order valence-corrected chi connectivity index (χ4v) is 2.14. The van der Waals surface area contributed by atoms with Crippen LogP contribution in [0.3, 0.4) is 0 Å².